The van der Waals surface area contributed by atoms with Gasteiger partial charge in [-0.2, -0.15) is 0 Å². The minimum Gasteiger partial charge on any atom is -0.478 e. The molecule has 2 aromatic rings. The van der Waals surface area contributed by atoms with Crippen LogP contribution in [-0.2, 0) is 0 Å². The summed E-state index contributed by atoms with van der Waals surface area (Å²) < 4.78 is 0. The maximum atomic E-state index is 11.2. The van der Waals surface area contributed by atoms with Gasteiger partial charge in [0.25, 0.3) is 0 Å². The molecule has 0 fully saturated rings. The molecule has 0 atom stereocenters. The van der Waals surface area contributed by atoms with Crippen molar-refractivity contribution in [1.82, 2.24) is 9.97 Å². The SMILES string of the molecule is Cc1nc2c(C(=O)O)ccc(C(C)C)c2nc1C. The van der Waals surface area contributed by atoms with E-state index in [0.29, 0.717) is 11.0 Å². The van der Waals surface area contributed by atoms with Gasteiger partial charge in [-0.05, 0) is 31.4 Å². The summed E-state index contributed by atoms with van der Waals surface area (Å²) in [6.07, 6.45) is 0. The summed E-state index contributed by atoms with van der Waals surface area (Å²) in [6, 6.07) is 3.45. The third-order valence-electron chi connectivity index (χ3n) is 3.12. The predicted molar refractivity (Wildman–Crippen MR) is 70.1 cm³/mol. The first kappa shape index (κ1) is 12.5. The quantitative estimate of drug-likeness (QED) is 0.881. The lowest BCUT2D eigenvalue weighted by molar-refractivity contribution is 0.0699. The number of nitrogens with zero attached hydrogens (tertiary/aromatic N) is 2. The average molecular weight is 244 g/mol. The molecule has 18 heavy (non-hydrogen) atoms. The summed E-state index contributed by atoms with van der Waals surface area (Å²) in [5.41, 5.74) is 4.04. The van der Waals surface area contributed by atoms with Gasteiger partial charge < -0.3 is 5.11 Å². The van der Waals surface area contributed by atoms with Crippen LogP contribution in [-0.4, -0.2) is 21.0 Å². The molecule has 1 aromatic heterocycles. The van der Waals surface area contributed by atoms with Crippen LogP contribution in [0.3, 0.4) is 0 Å². The molecular weight excluding hydrogens is 228 g/mol. The van der Waals surface area contributed by atoms with Crippen LogP contribution in [0.2, 0.25) is 0 Å². The summed E-state index contributed by atoms with van der Waals surface area (Å²) in [5, 5.41) is 9.20. The minimum absolute atomic E-state index is 0.213. The van der Waals surface area contributed by atoms with Gasteiger partial charge in [-0.1, -0.05) is 19.9 Å². The third-order valence-corrected chi connectivity index (χ3v) is 3.12. The molecule has 0 bridgehead atoms. The van der Waals surface area contributed by atoms with E-state index in [1.807, 2.05) is 19.9 Å². The van der Waals surface area contributed by atoms with Crippen molar-refractivity contribution in [3.8, 4) is 0 Å². The van der Waals surface area contributed by atoms with E-state index in [1.54, 1.807) is 6.07 Å². The number of rotatable bonds is 2. The number of aromatic carboxylic acids is 1. The number of carboxylic acids is 1. The fourth-order valence-corrected chi connectivity index (χ4v) is 1.96. The van der Waals surface area contributed by atoms with Crippen LogP contribution in [0.5, 0.6) is 0 Å². The number of carboxylic acid groups (broad SMARTS) is 1. The lowest BCUT2D eigenvalue weighted by atomic mass is 9.98. The first-order valence-corrected chi connectivity index (χ1v) is 5.93. The van der Waals surface area contributed by atoms with Crippen molar-refractivity contribution in [3.05, 3.63) is 34.6 Å². The maximum Gasteiger partial charge on any atom is 0.337 e. The number of hydrogen-bond acceptors (Lipinski definition) is 3. The second kappa shape index (κ2) is 4.37. The Bertz CT molecular complexity index is 633. The monoisotopic (exact) mass is 244 g/mol. The number of carbonyl (C=O) groups is 1. The molecule has 0 aliphatic carbocycles. The molecule has 0 radical (unpaired) electrons. The van der Waals surface area contributed by atoms with Crippen molar-refractivity contribution in [3.63, 3.8) is 0 Å². The molecule has 0 saturated heterocycles. The summed E-state index contributed by atoms with van der Waals surface area (Å²) in [6.45, 7) is 7.85. The lowest BCUT2D eigenvalue weighted by Gasteiger charge is -2.12. The Balaban J connectivity index is 2.91. The standard InChI is InChI=1S/C14H16N2O2/c1-7(2)10-5-6-11(14(17)18)13-12(10)15-8(3)9(4)16-13/h5-7H,1-4H3,(H,17,18). The fourth-order valence-electron chi connectivity index (χ4n) is 1.96. The van der Waals surface area contributed by atoms with E-state index >= 15 is 0 Å². The van der Waals surface area contributed by atoms with Crippen LogP contribution in [0, 0.1) is 13.8 Å². The van der Waals surface area contributed by atoms with Crippen molar-refractivity contribution < 1.29 is 9.90 Å². The maximum absolute atomic E-state index is 11.2. The molecule has 1 heterocycles. The van der Waals surface area contributed by atoms with Gasteiger partial charge in [-0.3, -0.25) is 0 Å². The van der Waals surface area contributed by atoms with Crippen LogP contribution < -0.4 is 0 Å². The molecule has 0 aliphatic heterocycles. The van der Waals surface area contributed by atoms with E-state index < -0.39 is 5.97 Å². The fraction of sp³-hybridized carbons (Fsp3) is 0.357. The predicted octanol–water partition coefficient (Wildman–Crippen LogP) is 3.07. The minimum atomic E-state index is -0.965. The zero-order chi connectivity index (χ0) is 13.4. The largest absolute Gasteiger partial charge is 0.478 e. The summed E-state index contributed by atoms with van der Waals surface area (Å²) >= 11 is 0. The van der Waals surface area contributed by atoms with Crippen LogP contribution in [0.25, 0.3) is 11.0 Å². The van der Waals surface area contributed by atoms with Crippen molar-refractivity contribution in [2.75, 3.05) is 0 Å². The van der Waals surface area contributed by atoms with E-state index in [2.05, 4.69) is 23.8 Å². The highest BCUT2D eigenvalue weighted by atomic mass is 16.4. The van der Waals surface area contributed by atoms with Crippen molar-refractivity contribution >= 4 is 17.0 Å². The summed E-state index contributed by atoms with van der Waals surface area (Å²) in [7, 11) is 0. The molecule has 0 aliphatic rings. The number of aryl methyl sites for hydroxylation is 2. The zero-order valence-corrected chi connectivity index (χ0v) is 11.0. The van der Waals surface area contributed by atoms with Gasteiger partial charge in [0.2, 0.25) is 0 Å². The molecule has 4 nitrogen and oxygen atoms in total. The average Bonchev–Trinajstić information content (AvgIpc) is 2.28. The lowest BCUT2D eigenvalue weighted by Crippen LogP contribution is -2.05. The van der Waals surface area contributed by atoms with Crippen molar-refractivity contribution in [2.45, 2.75) is 33.6 Å². The van der Waals surface area contributed by atoms with E-state index in [0.717, 1.165) is 17.0 Å². The molecule has 0 unspecified atom stereocenters. The zero-order valence-electron chi connectivity index (χ0n) is 11.0. The normalized spacial score (nSPS) is 11.2. The second-order valence-electron chi connectivity index (χ2n) is 4.75. The van der Waals surface area contributed by atoms with Crippen LogP contribution in [0.1, 0.15) is 47.1 Å². The van der Waals surface area contributed by atoms with Crippen LogP contribution >= 0.6 is 0 Å². The topological polar surface area (TPSA) is 63.1 Å². The molecule has 0 spiro atoms. The molecule has 2 rings (SSSR count). The molecule has 94 valence electrons. The van der Waals surface area contributed by atoms with E-state index in [4.69, 9.17) is 0 Å². The molecular formula is C14H16N2O2. The molecule has 4 heteroatoms. The number of hydrogen-bond donors (Lipinski definition) is 1. The Morgan fingerprint density at radius 1 is 1.11 bits per heavy atom. The Kier molecular flexibility index (Phi) is 3.03. The molecule has 1 aromatic carbocycles. The number of aromatic nitrogens is 2. The summed E-state index contributed by atoms with van der Waals surface area (Å²) in [4.78, 5) is 20.1. The first-order chi connectivity index (χ1) is 8.41. The highest BCUT2D eigenvalue weighted by Gasteiger charge is 2.16. The number of benzene rings is 1. The molecule has 0 amide bonds. The Labute approximate surface area is 106 Å². The van der Waals surface area contributed by atoms with E-state index in [1.165, 1.54) is 0 Å². The van der Waals surface area contributed by atoms with Gasteiger partial charge in [-0.15, -0.1) is 0 Å². The smallest absolute Gasteiger partial charge is 0.337 e. The highest BCUT2D eigenvalue weighted by Crippen LogP contribution is 2.26. The first-order valence-electron chi connectivity index (χ1n) is 5.93. The van der Waals surface area contributed by atoms with Crippen LogP contribution in [0.4, 0.5) is 0 Å². The molecule has 0 saturated carbocycles. The van der Waals surface area contributed by atoms with Crippen molar-refractivity contribution in [1.29, 1.82) is 0 Å². The van der Waals surface area contributed by atoms with Gasteiger partial charge in [0.15, 0.2) is 0 Å². The Hall–Kier alpha value is -1.97. The Morgan fingerprint density at radius 3 is 2.17 bits per heavy atom. The van der Waals surface area contributed by atoms with Crippen molar-refractivity contribution in [2.24, 2.45) is 0 Å². The highest BCUT2D eigenvalue weighted by molar-refractivity contribution is 6.01. The third kappa shape index (κ3) is 1.94. The van der Waals surface area contributed by atoms with Gasteiger partial charge in [0.05, 0.1) is 22.5 Å². The number of fused-ring (bicyclic) bond motifs is 1. The van der Waals surface area contributed by atoms with Gasteiger partial charge >= 0.3 is 5.97 Å². The van der Waals surface area contributed by atoms with E-state index in [-0.39, 0.29) is 11.5 Å². The molecule has 1 N–H and O–H groups in total. The van der Waals surface area contributed by atoms with Gasteiger partial charge in [0.1, 0.15) is 5.52 Å². The summed E-state index contributed by atoms with van der Waals surface area (Å²) in [5.74, 6) is -0.681. The second-order valence-corrected chi connectivity index (χ2v) is 4.75. The van der Waals surface area contributed by atoms with E-state index in [9.17, 15) is 9.90 Å². The van der Waals surface area contributed by atoms with Gasteiger partial charge in [0, 0.05) is 0 Å². The van der Waals surface area contributed by atoms with Gasteiger partial charge in [-0.25, -0.2) is 14.8 Å². The Morgan fingerprint density at radius 2 is 1.67 bits per heavy atom. The van der Waals surface area contributed by atoms with Crippen LogP contribution in [0.15, 0.2) is 12.1 Å².